The van der Waals surface area contributed by atoms with Crippen LogP contribution in [0.1, 0.15) is 5.56 Å². The maximum absolute atomic E-state index is 5.42. The van der Waals surface area contributed by atoms with Crippen LogP contribution >= 0.6 is 0 Å². The summed E-state index contributed by atoms with van der Waals surface area (Å²) in [7, 11) is 8.33. The first-order valence-electron chi connectivity index (χ1n) is 7.55. The number of methoxy groups -OCH3 is 4. The smallest absolute Gasteiger partial charge is 0.203 e. The van der Waals surface area contributed by atoms with Crippen molar-refractivity contribution in [1.29, 1.82) is 0 Å². The largest absolute Gasteiger partial charge is 0.496 e. The lowest BCUT2D eigenvalue weighted by Gasteiger charge is -2.16. The molecule has 2 aromatic carbocycles. The van der Waals surface area contributed by atoms with E-state index in [0.717, 1.165) is 22.7 Å². The minimum atomic E-state index is 0.570. The van der Waals surface area contributed by atoms with Crippen molar-refractivity contribution in [3.8, 4) is 23.0 Å². The predicted octanol–water partition coefficient (Wildman–Crippen LogP) is 3.37. The molecular weight excluding hydrogens is 308 g/mol. The molecule has 0 unspecified atom stereocenters. The van der Waals surface area contributed by atoms with Crippen molar-refractivity contribution >= 4 is 11.4 Å². The van der Waals surface area contributed by atoms with Crippen LogP contribution in [-0.4, -0.2) is 35.5 Å². The van der Waals surface area contributed by atoms with Gasteiger partial charge < -0.3 is 29.6 Å². The monoisotopic (exact) mass is 332 g/mol. The maximum Gasteiger partial charge on any atom is 0.203 e. The number of ether oxygens (including phenoxy) is 4. The van der Waals surface area contributed by atoms with E-state index >= 15 is 0 Å². The third-order valence-electron chi connectivity index (χ3n) is 3.72. The van der Waals surface area contributed by atoms with Crippen LogP contribution in [0.15, 0.2) is 30.3 Å². The molecule has 0 atom stereocenters. The third kappa shape index (κ3) is 3.76. The van der Waals surface area contributed by atoms with Gasteiger partial charge in [0.15, 0.2) is 11.5 Å². The summed E-state index contributed by atoms with van der Waals surface area (Å²) < 4.78 is 21.5. The maximum atomic E-state index is 5.42. The quantitative estimate of drug-likeness (QED) is 0.773. The van der Waals surface area contributed by atoms with E-state index in [2.05, 4.69) is 10.6 Å². The first kappa shape index (κ1) is 17.6. The van der Waals surface area contributed by atoms with Crippen molar-refractivity contribution in [3.05, 3.63) is 35.9 Å². The molecule has 0 aromatic heterocycles. The Bertz CT molecular complexity index is 664. The van der Waals surface area contributed by atoms with Crippen LogP contribution < -0.4 is 29.6 Å². The molecule has 0 spiro atoms. The Labute approximate surface area is 142 Å². The number of benzene rings is 2. The highest BCUT2D eigenvalue weighted by Crippen LogP contribution is 2.40. The van der Waals surface area contributed by atoms with Crippen LogP contribution in [0, 0.1) is 0 Å². The molecule has 0 saturated carbocycles. The molecule has 2 rings (SSSR count). The zero-order chi connectivity index (χ0) is 17.5. The van der Waals surface area contributed by atoms with E-state index in [9.17, 15) is 0 Å². The Morgan fingerprint density at radius 1 is 0.750 bits per heavy atom. The molecule has 0 saturated heterocycles. The molecule has 0 amide bonds. The molecule has 0 aliphatic carbocycles. The standard InChI is InChI=1S/C18H24N2O4/c1-19-13-6-7-15(21-2)12(8-13)11-20-14-9-16(22-3)18(24-5)17(10-14)23-4/h6-10,19-20H,11H2,1-5H3. The van der Waals surface area contributed by atoms with Crippen LogP contribution in [0.25, 0.3) is 0 Å². The van der Waals surface area contributed by atoms with Gasteiger partial charge in [-0.2, -0.15) is 0 Å². The molecule has 0 bridgehead atoms. The van der Waals surface area contributed by atoms with Crippen molar-refractivity contribution in [1.82, 2.24) is 0 Å². The van der Waals surface area contributed by atoms with E-state index in [1.165, 1.54) is 0 Å². The number of hydrogen-bond donors (Lipinski definition) is 2. The van der Waals surface area contributed by atoms with Crippen molar-refractivity contribution in [2.24, 2.45) is 0 Å². The molecule has 0 heterocycles. The zero-order valence-electron chi connectivity index (χ0n) is 14.7. The van der Waals surface area contributed by atoms with E-state index in [4.69, 9.17) is 18.9 Å². The summed E-state index contributed by atoms with van der Waals surface area (Å²) in [6.45, 7) is 0.595. The van der Waals surface area contributed by atoms with Gasteiger partial charge in [0.1, 0.15) is 5.75 Å². The first-order chi connectivity index (χ1) is 11.7. The second-order valence-corrected chi connectivity index (χ2v) is 5.04. The molecule has 0 radical (unpaired) electrons. The molecule has 2 N–H and O–H groups in total. The van der Waals surface area contributed by atoms with Crippen molar-refractivity contribution < 1.29 is 18.9 Å². The SMILES string of the molecule is CNc1ccc(OC)c(CNc2cc(OC)c(OC)c(OC)c2)c1. The summed E-state index contributed by atoms with van der Waals surface area (Å²) in [6, 6.07) is 9.70. The van der Waals surface area contributed by atoms with E-state index in [1.807, 2.05) is 37.4 Å². The minimum absolute atomic E-state index is 0.570. The van der Waals surface area contributed by atoms with Gasteiger partial charge in [0, 0.05) is 42.7 Å². The average molecular weight is 332 g/mol. The first-order valence-corrected chi connectivity index (χ1v) is 7.55. The van der Waals surface area contributed by atoms with Gasteiger partial charge in [-0.3, -0.25) is 0 Å². The summed E-state index contributed by atoms with van der Waals surface area (Å²) in [6.07, 6.45) is 0. The Hall–Kier alpha value is -2.76. The van der Waals surface area contributed by atoms with Gasteiger partial charge in [-0.25, -0.2) is 0 Å². The van der Waals surface area contributed by atoms with Gasteiger partial charge in [0.2, 0.25) is 5.75 Å². The third-order valence-corrected chi connectivity index (χ3v) is 3.72. The fourth-order valence-electron chi connectivity index (χ4n) is 2.45. The Morgan fingerprint density at radius 2 is 1.38 bits per heavy atom. The van der Waals surface area contributed by atoms with Crippen molar-refractivity contribution in [2.45, 2.75) is 6.54 Å². The molecule has 0 aliphatic heterocycles. The zero-order valence-corrected chi connectivity index (χ0v) is 14.7. The Morgan fingerprint density at radius 3 is 1.88 bits per heavy atom. The van der Waals surface area contributed by atoms with Crippen LogP contribution in [0.2, 0.25) is 0 Å². The lowest BCUT2D eigenvalue weighted by molar-refractivity contribution is 0.324. The fourth-order valence-corrected chi connectivity index (χ4v) is 2.45. The second kappa shape index (κ2) is 8.19. The average Bonchev–Trinajstić information content (AvgIpc) is 2.64. The lowest BCUT2D eigenvalue weighted by Crippen LogP contribution is -2.04. The second-order valence-electron chi connectivity index (χ2n) is 5.04. The van der Waals surface area contributed by atoms with Crippen LogP contribution in [-0.2, 0) is 6.54 Å². The van der Waals surface area contributed by atoms with Crippen molar-refractivity contribution in [3.63, 3.8) is 0 Å². The van der Waals surface area contributed by atoms with Crippen LogP contribution in [0.5, 0.6) is 23.0 Å². The summed E-state index contributed by atoms with van der Waals surface area (Å²) in [4.78, 5) is 0. The van der Waals surface area contributed by atoms with Crippen LogP contribution in [0.4, 0.5) is 11.4 Å². The number of nitrogens with one attached hydrogen (secondary N) is 2. The molecule has 24 heavy (non-hydrogen) atoms. The lowest BCUT2D eigenvalue weighted by atomic mass is 10.1. The van der Waals surface area contributed by atoms with E-state index in [0.29, 0.717) is 23.8 Å². The highest BCUT2D eigenvalue weighted by Gasteiger charge is 2.13. The predicted molar refractivity (Wildman–Crippen MR) is 96.0 cm³/mol. The van der Waals surface area contributed by atoms with E-state index in [1.54, 1.807) is 28.4 Å². The van der Waals surface area contributed by atoms with Crippen molar-refractivity contribution in [2.75, 3.05) is 46.1 Å². The minimum Gasteiger partial charge on any atom is -0.496 e. The summed E-state index contributed by atoms with van der Waals surface area (Å²) in [5.41, 5.74) is 2.93. The van der Waals surface area contributed by atoms with Gasteiger partial charge in [0.25, 0.3) is 0 Å². The summed E-state index contributed by atoms with van der Waals surface area (Å²) >= 11 is 0. The summed E-state index contributed by atoms with van der Waals surface area (Å²) in [5.74, 6) is 2.61. The molecule has 6 heteroatoms. The Balaban J connectivity index is 2.26. The highest BCUT2D eigenvalue weighted by atomic mass is 16.5. The van der Waals surface area contributed by atoms with Gasteiger partial charge in [-0.15, -0.1) is 0 Å². The molecular formula is C18H24N2O4. The summed E-state index contributed by atoms with van der Waals surface area (Å²) in [5, 5.41) is 6.49. The highest BCUT2D eigenvalue weighted by molar-refractivity contribution is 5.63. The molecule has 0 fully saturated rings. The molecule has 6 nitrogen and oxygen atoms in total. The number of rotatable bonds is 8. The van der Waals surface area contributed by atoms with Gasteiger partial charge in [-0.05, 0) is 18.2 Å². The van der Waals surface area contributed by atoms with Gasteiger partial charge in [0.05, 0.1) is 28.4 Å². The van der Waals surface area contributed by atoms with E-state index < -0.39 is 0 Å². The van der Waals surface area contributed by atoms with E-state index in [-0.39, 0.29) is 0 Å². The molecule has 2 aromatic rings. The number of hydrogen-bond acceptors (Lipinski definition) is 6. The van der Waals surface area contributed by atoms with Gasteiger partial charge in [-0.1, -0.05) is 0 Å². The fraction of sp³-hybridized carbons (Fsp3) is 0.333. The normalized spacial score (nSPS) is 10.0. The number of anilines is 2. The Kier molecular flexibility index (Phi) is 6.01. The molecule has 0 aliphatic rings. The van der Waals surface area contributed by atoms with Gasteiger partial charge >= 0.3 is 0 Å². The topological polar surface area (TPSA) is 61.0 Å². The molecule has 130 valence electrons. The van der Waals surface area contributed by atoms with Crippen LogP contribution in [0.3, 0.4) is 0 Å².